The highest BCUT2D eigenvalue weighted by atomic mass is 19.1. The molecule has 104 valence electrons. The molecule has 0 fully saturated rings. The van der Waals surface area contributed by atoms with Crippen molar-refractivity contribution < 1.29 is 13.6 Å². The van der Waals surface area contributed by atoms with E-state index in [4.69, 9.17) is 4.42 Å². The Hall–Kier alpha value is -2.68. The maximum atomic E-state index is 13.5. The van der Waals surface area contributed by atoms with Gasteiger partial charge in [0.1, 0.15) is 11.6 Å². The average Bonchev–Trinajstić information content (AvgIpc) is 3.02. The van der Waals surface area contributed by atoms with Gasteiger partial charge in [0.25, 0.3) is 0 Å². The Kier molecular flexibility index (Phi) is 3.65. The van der Waals surface area contributed by atoms with Gasteiger partial charge in [-0.25, -0.2) is 4.39 Å². The number of Topliss-reactive ketones (excluding diaryl/α,β-unsaturated/α-hetero) is 1. The second-order valence-electron chi connectivity index (χ2n) is 4.75. The number of hydrogen-bond acceptors (Lipinski definition) is 2. The molecule has 0 amide bonds. The van der Waals surface area contributed by atoms with Crippen LogP contribution in [0.2, 0.25) is 0 Å². The molecule has 0 N–H and O–H groups in total. The van der Waals surface area contributed by atoms with Crippen LogP contribution < -0.4 is 0 Å². The van der Waals surface area contributed by atoms with Crippen LogP contribution in [-0.2, 0) is 6.42 Å². The first-order valence-electron chi connectivity index (χ1n) is 6.64. The molecule has 3 rings (SSSR count). The van der Waals surface area contributed by atoms with E-state index in [2.05, 4.69) is 0 Å². The zero-order valence-electron chi connectivity index (χ0n) is 11.3. The average molecular weight is 280 g/mol. The molecule has 3 aromatic rings. The molecule has 0 atom stereocenters. The summed E-state index contributed by atoms with van der Waals surface area (Å²) in [6, 6.07) is 17.1. The van der Waals surface area contributed by atoms with Gasteiger partial charge in [-0.2, -0.15) is 0 Å². The SMILES string of the molecule is O=C(Cc1ccccc1)c1cc(F)ccc1-c1ccco1. The number of halogens is 1. The van der Waals surface area contributed by atoms with E-state index < -0.39 is 5.82 Å². The molecule has 21 heavy (non-hydrogen) atoms. The second-order valence-corrected chi connectivity index (χ2v) is 4.75. The fraction of sp³-hybridized carbons (Fsp3) is 0.0556. The molecule has 0 aliphatic carbocycles. The summed E-state index contributed by atoms with van der Waals surface area (Å²) in [5.41, 5.74) is 1.85. The van der Waals surface area contributed by atoms with E-state index >= 15 is 0 Å². The minimum Gasteiger partial charge on any atom is -0.464 e. The summed E-state index contributed by atoms with van der Waals surface area (Å²) in [7, 11) is 0. The topological polar surface area (TPSA) is 30.2 Å². The van der Waals surface area contributed by atoms with Gasteiger partial charge >= 0.3 is 0 Å². The third kappa shape index (κ3) is 2.92. The zero-order chi connectivity index (χ0) is 14.7. The molecular weight excluding hydrogens is 267 g/mol. The van der Waals surface area contributed by atoms with Crippen molar-refractivity contribution >= 4 is 5.78 Å². The van der Waals surface area contributed by atoms with Crippen molar-refractivity contribution in [2.24, 2.45) is 0 Å². The Morgan fingerprint density at radius 1 is 1.00 bits per heavy atom. The molecule has 0 saturated carbocycles. The normalized spacial score (nSPS) is 10.5. The van der Waals surface area contributed by atoms with Gasteiger partial charge in [-0.15, -0.1) is 0 Å². The van der Waals surface area contributed by atoms with Crippen molar-refractivity contribution in [2.75, 3.05) is 0 Å². The molecule has 3 heteroatoms. The van der Waals surface area contributed by atoms with Gasteiger partial charge in [0, 0.05) is 17.5 Å². The molecule has 2 nitrogen and oxygen atoms in total. The van der Waals surface area contributed by atoms with E-state index in [0.29, 0.717) is 16.9 Å². The van der Waals surface area contributed by atoms with E-state index in [1.165, 1.54) is 18.4 Å². The van der Waals surface area contributed by atoms with Crippen molar-refractivity contribution in [2.45, 2.75) is 6.42 Å². The monoisotopic (exact) mass is 280 g/mol. The summed E-state index contributed by atoms with van der Waals surface area (Å²) in [6.45, 7) is 0. The molecule has 2 aromatic carbocycles. The number of rotatable bonds is 4. The first-order valence-corrected chi connectivity index (χ1v) is 6.64. The lowest BCUT2D eigenvalue weighted by atomic mass is 9.97. The van der Waals surface area contributed by atoms with Crippen LogP contribution >= 0.6 is 0 Å². The van der Waals surface area contributed by atoms with Gasteiger partial charge < -0.3 is 4.42 Å². The molecule has 0 bridgehead atoms. The number of ketones is 1. The van der Waals surface area contributed by atoms with E-state index in [0.717, 1.165) is 5.56 Å². The van der Waals surface area contributed by atoms with Crippen LogP contribution in [0.4, 0.5) is 4.39 Å². The van der Waals surface area contributed by atoms with E-state index in [1.807, 2.05) is 30.3 Å². The van der Waals surface area contributed by atoms with Crippen LogP contribution in [0.15, 0.2) is 71.3 Å². The lowest BCUT2D eigenvalue weighted by Crippen LogP contribution is -2.06. The molecule has 0 saturated heterocycles. The largest absolute Gasteiger partial charge is 0.464 e. The third-order valence-corrected chi connectivity index (χ3v) is 3.28. The predicted octanol–water partition coefficient (Wildman–Crippen LogP) is 4.51. The van der Waals surface area contributed by atoms with Crippen LogP contribution in [0.25, 0.3) is 11.3 Å². The van der Waals surface area contributed by atoms with E-state index in [-0.39, 0.29) is 12.2 Å². The van der Waals surface area contributed by atoms with Crippen LogP contribution in [0, 0.1) is 5.82 Å². The van der Waals surface area contributed by atoms with Gasteiger partial charge in [0.15, 0.2) is 5.78 Å². The van der Waals surface area contributed by atoms with Crippen molar-refractivity contribution in [1.82, 2.24) is 0 Å². The molecule has 1 heterocycles. The zero-order valence-corrected chi connectivity index (χ0v) is 11.3. The number of carbonyl (C=O) groups is 1. The minimum atomic E-state index is -0.429. The molecule has 0 spiro atoms. The number of furan rings is 1. The molecule has 0 aliphatic rings. The fourth-order valence-corrected chi connectivity index (χ4v) is 2.27. The second kappa shape index (κ2) is 5.75. The first kappa shape index (κ1) is 13.3. The van der Waals surface area contributed by atoms with Crippen molar-refractivity contribution in [1.29, 1.82) is 0 Å². The predicted molar refractivity (Wildman–Crippen MR) is 78.6 cm³/mol. The highest BCUT2D eigenvalue weighted by molar-refractivity contribution is 6.02. The Labute approximate surface area is 121 Å². The number of carbonyl (C=O) groups excluding carboxylic acids is 1. The Morgan fingerprint density at radius 2 is 1.81 bits per heavy atom. The molecule has 0 unspecified atom stereocenters. The Morgan fingerprint density at radius 3 is 2.52 bits per heavy atom. The highest BCUT2D eigenvalue weighted by Gasteiger charge is 2.16. The van der Waals surface area contributed by atoms with Gasteiger partial charge in [-0.05, 0) is 35.9 Å². The lowest BCUT2D eigenvalue weighted by Gasteiger charge is -2.07. The van der Waals surface area contributed by atoms with Crippen molar-refractivity contribution in [3.8, 4) is 11.3 Å². The maximum Gasteiger partial charge on any atom is 0.168 e. The van der Waals surface area contributed by atoms with Crippen molar-refractivity contribution in [3.05, 3.63) is 83.9 Å². The summed E-state index contributed by atoms with van der Waals surface area (Å²) >= 11 is 0. The summed E-state index contributed by atoms with van der Waals surface area (Å²) in [5.74, 6) is 0.000212. The Bertz CT molecular complexity index is 746. The summed E-state index contributed by atoms with van der Waals surface area (Å²) < 4.78 is 18.8. The molecule has 0 aliphatic heterocycles. The summed E-state index contributed by atoms with van der Waals surface area (Å²) in [5, 5.41) is 0. The number of benzene rings is 2. The van der Waals surface area contributed by atoms with Crippen LogP contribution in [0.5, 0.6) is 0 Å². The maximum absolute atomic E-state index is 13.5. The van der Waals surface area contributed by atoms with E-state index in [9.17, 15) is 9.18 Å². The van der Waals surface area contributed by atoms with Crippen LogP contribution in [0.3, 0.4) is 0 Å². The fourth-order valence-electron chi connectivity index (χ4n) is 2.27. The smallest absolute Gasteiger partial charge is 0.168 e. The summed E-state index contributed by atoms with van der Waals surface area (Å²) in [6.07, 6.45) is 1.77. The molecular formula is C18H13FO2. The lowest BCUT2D eigenvalue weighted by molar-refractivity contribution is 0.0993. The minimum absolute atomic E-state index is 0.132. The standard InChI is InChI=1S/C18H13FO2/c19-14-8-9-15(18-7-4-10-21-18)16(12-14)17(20)11-13-5-2-1-3-6-13/h1-10,12H,11H2. The quantitative estimate of drug-likeness (QED) is 0.658. The van der Waals surface area contributed by atoms with Gasteiger partial charge in [-0.3, -0.25) is 4.79 Å². The Balaban J connectivity index is 1.97. The van der Waals surface area contributed by atoms with Crippen LogP contribution in [0.1, 0.15) is 15.9 Å². The molecule has 0 radical (unpaired) electrons. The van der Waals surface area contributed by atoms with Gasteiger partial charge in [-0.1, -0.05) is 30.3 Å². The first-order chi connectivity index (χ1) is 10.2. The molecule has 1 aromatic heterocycles. The van der Waals surface area contributed by atoms with Gasteiger partial charge in [0.2, 0.25) is 0 Å². The van der Waals surface area contributed by atoms with Crippen molar-refractivity contribution in [3.63, 3.8) is 0 Å². The highest BCUT2D eigenvalue weighted by Crippen LogP contribution is 2.26. The van der Waals surface area contributed by atoms with Gasteiger partial charge in [0.05, 0.1) is 6.26 Å². The van der Waals surface area contributed by atoms with E-state index in [1.54, 1.807) is 18.2 Å². The third-order valence-electron chi connectivity index (χ3n) is 3.28. The van der Waals surface area contributed by atoms with Crippen LogP contribution in [-0.4, -0.2) is 5.78 Å². The summed E-state index contributed by atoms with van der Waals surface area (Å²) in [4.78, 5) is 12.5. The number of hydrogen-bond donors (Lipinski definition) is 0.